The minimum atomic E-state index is 0. The summed E-state index contributed by atoms with van der Waals surface area (Å²) in [4.78, 5) is 4.47. The largest absolute Gasteiger partial charge is 0.358 e. The molecule has 2 rings (SSSR count). The Hall–Kier alpha value is -0.526. The normalized spacial score (nSPS) is 8.88. The van der Waals surface area contributed by atoms with Crippen LogP contribution in [0.25, 0.3) is 11.3 Å². The second-order valence-electron chi connectivity index (χ2n) is 3.53. The number of benzene rings is 1. The second kappa shape index (κ2) is 6.93. The van der Waals surface area contributed by atoms with Crippen molar-refractivity contribution in [3.63, 3.8) is 0 Å². The maximum Gasteiger partial charge on any atom is 0.0705 e. The number of nitrogens with zero attached hydrogens (tertiary/aromatic N) is 1. The molecule has 0 aliphatic heterocycles. The number of hydrogen-bond acceptors (Lipinski definition) is 1. The fraction of sp³-hybridized carbons (Fsp3) is 0.143. The Morgan fingerprint density at radius 2 is 1.50 bits per heavy atom. The number of pyridine rings is 1. The average molecular weight is 287 g/mol. The minimum Gasteiger partial charge on any atom is -0.358 e. The number of aromatic nitrogens is 1. The van der Waals surface area contributed by atoms with Crippen LogP contribution in [0.2, 0.25) is 0 Å². The van der Waals surface area contributed by atoms with Gasteiger partial charge >= 0.3 is 0 Å². The molecule has 0 saturated carbocycles. The first kappa shape index (κ1) is 15.5. The Labute approximate surface area is 123 Å². The van der Waals surface area contributed by atoms with Crippen LogP contribution in [-0.2, 0) is 32.7 Å². The van der Waals surface area contributed by atoms with Gasteiger partial charge in [0.25, 0.3) is 0 Å². The smallest absolute Gasteiger partial charge is 0.0705 e. The topological polar surface area (TPSA) is 12.9 Å². The predicted octanol–water partition coefficient (Wildman–Crippen LogP) is 3.81. The maximum absolute atomic E-state index is 4.47. The summed E-state index contributed by atoms with van der Waals surface area (Å²) in [5.41, 5.74) is 4.56. The van der Waals surface area contributed by atoms with Gasteiger partial charge in [-0.25, -0.2) is 0 Å². The molecule has 1 nitrogen and oxygen atoms in total. The van der Waals surface area contributed by atoms with E-state index in [4.69, 9.17) is 0 Å². The summed E-state index contributed by atoms with van der Waals surface area (Å²) in [6.07, 6.45) is 0. The Morgan fingerprint density at radius 3 is 2.06 bits per heavy atom. The fourth-order valence-electron chi connectivity index (χ4n) is 1.43. The zero-order valence-electron chi connectivity index (χ0n) is 10.1. The quantitative estimate of drug-likeness (QED) is 0.727. The average Bonchev–Trinajstić information content (AvgIpc) is 2.19. The Balaban J connectivity index is 0.00000112. The van der Waals surface area contributed by atoms with Gasteiger partial charge in [-0.15, -0.1) is 0 Å². The first-order valence-corrected chi connectivity index (χ1v) is 4.76. The first-order chi connectivity index (χ1) is 6.75. The van der Waals surface area contributed by atoms with Crippen molar-refractivity contribution in [2.75, 3.05) is 0 Å². The van der Waals surface area contributed by atoms with E-state index >= 15 is 0 Å². The van der Waals surface area contributed by atoms with Gasteiger partial charge < -0.3 is 7.43 Å². The van der Waals surface area contributed by atoms with Gasteiger partial charge in [0.05, 0.1) is 5.69 Å². The molecular weight excluding hydrogens is 271 g/mol. The zero-order chi connectivity index (χ0) is 9.97. The van der Waals surface area contributed by atoms with Crippen molar-refractivity contribution in [2.24, 2.45) is 0 Å². The molecule has 0 amide bonds. The molecule has 0 saturated heterocycles. The maximum atomic E-state index is 4.47. The molecule has 0 aliphatic carbocycles. The molecule has 0 aliphatic rings. The SMILES string of the molecule is Cc1ccc(-c2cccc(C)n2)cc1.[CH3-].[Y]. The summed E-state index contributed by atoms with van der Waals surface area (Å²) in [6, 6.07) is 14.5. The Kier molecular flexibility index (Phi) is 6.70. The van der Waals surface area contributed by atoms with Crippen LogP contribution in [-0.4, -0.2) is 4.98 Å². The van der Waals surface area contributed by atoms with E-state index in [9.17, 15) is 0 Å². The van der Waals surface area contributed by atoms with E-state index in [1.165, 1.54) is 11.1 Å². The summed E-state index contributed by atoms with van der Waals surface area (Å²) in [7, 11) is 0. The van der Waals surface area contributed by atoms with Gasteiger partial charge in [0, 0.05) is 44.0 Å². The molecule has 0 atom stereocenters. The summed E-state index contributed by atoms with van der Waals surface area (Å²) in [6.45, 7) is 4.10. The Morgan fingerprint density at radius 1 is 0.875 bits per heavy atom. The molecule has 0 N–H and O–H groups in total. The van der Waals surface area contributed by atoms with Crippen molar-refractivity contribution in [1.82, 2.24) is 4.98 Å². The van der Waals surface area contributed by atoms with Crippen LogP contribution in [0.4, 0.5) is 0 Å². The molecule has 2 aromatic rings. The Bertz CT molecular complexity index is 435. The zero-order valence-corrected chi connectivity index (χ0v) is 12.9. The second-order valence-corrected chi connectivity index (χ2v) is 3.53. The van der Waals surface area contributed by atoms with Gasteiger partial charge in [-0.1, -0.05) is 35.9 Å². The minimum absolute atomic E-state index is 0. The van der Waals surface area contributed by atoms with E-state index in [0.29, 0.717) is 0 Å². The van der Waals surface area contributed by atoms with Crippen LogP contribution >= 0.6 is 0 Å². The molecular formula is C14H16NY-. The number of aryl methyl sites for hydroxylation is 2. The van der Waals surface area contributed by atoms with Gasteiger partial charge in [-0.05, 0) is 26.0 Å². The molecule has 1 aromatic heterocycles. The molecule has 0 unspecified atom stereocenters. The van der Waals surface area contributed by atoms with Crippen molar-refractivity contribution in [2.45, 2.75) is 13.8 Å². The molecule has 16 heavy (non-hydrogen) atoms. The van der Waals surface area contributed by atoms with Crippen LogP contribution < -0.4 is 0 Å². The van der Waals surface area contributed by atoms with Crippen molar-refractivity contribution >= 4 is 0 Å². The molecule has 0 fully saturated rings. The van der Waals surface area contributed by atoms with E-state index in [1.54, 1.807) is 0 Å². The van der Waals surface area contributed by atoms with E-state index < -0.39 is 0 Å². The molecule has 1 aromatic carbocycles. The molecule has 81 valence electrons. The van der Waals surface area contributed by atoms with Crippen molar-refractivity contribution in [3.8, 4) is 11.3 Å². The predicted molar refractivity (Wildman–Crippen MR) is 65.6 cm³/mol. The molecule has 1 heterocycles. The van der Waals surface area contributed by atoms with E-state index in [0.717, 1.165) is 11.4 Å². The van der Waals surface area contributed by atoms with Crippen LogP contribution in [0.3, 0.4) is 0 Å². The molecule has 0 spiro atoms. The van der Waals surface area contributed by atoms with Crippen LogP contribution in [0.15, 0.2) is 42.5 Å². The van der Waals surface area contributed by atoms with Crippen molar-refractivity contribution in [3.05, 3.63) is 61.1 Å². The monoisotopic (exact) mass is 287 g/mol. The van der Waals surface area contributed by atoms with Crippen LogP contribution in [0, 0.1) is 21.3 Å². The van der Waals surface area contributed by atoms with Gasteiger partial charge in [0.2, 0.25) is 0 Å². The van der Waals surface area contributed by atoms with E-state index in [2.05, 4.69) is 36.2 Å². The first-order valence-electron chi connectivity index (χ1n) is 4.76. The molecule has 1 radical (unpaired) electrons. The van der Waals surface area contributed by atoms with Crippen molar-refractivity contribution < 1.29 is 32.7 Å². The van der Waals surface area contributed by atoms with Crippen molar-refractivity contribution in [1.29, 1.82) is 0 Å². The number of hydrogen-bond donors (Lipinski definition) is 0. The standard InChI is InChI=1S/C13H13N.CH3.Y/c1-10-6-8-12(9-7-10)13-5-3-4-11(2)14-13;;/h3-9H,1-2H3;1H3;/q;-1;. The van der Waals surface area contributed by atoms with E-state index in [1.807, 2.05) is 25.1 Å². The summed E-state index contributed by atoms with van der Waals surface area (Å²) < 4.78 is 0. The van der Waals surface area contributed by atoms with Gasteiger partial charge in [-0.3, -0.25) is 4.98 Å². The fourth-order valence-corrected chi connectivity index (χ4v) is 1.43. The third kappa shape index (κ3) is 3.80. The summed E-state index contributed by atoms with van der Waals surface area (Å²) in [5.74, 6) is 0. The van der Waals surface area contributed by atoms with Crippen LogP contribution in [0.1, 0.15) is 11.3 Å². The third-order valence-electron chi connectivity index (χ3n) is 2.24. The van der Waals surface area contributed by atoms with Gasteiger partial charge in [0.15, 0.2) is 0 Å². The molecule has 0 bridgehead atoms. The van der Waals surface area contributed by atoms with Gasteiger partial charge in [0.1, 0.15) is 0 Å². The van der Waals surface area contributed by atoms with Gasteiger partial charge in [-0.2, -0.15) is 0 Å². The van der Waals surface area contributed by atoms with Crippen LogP contribution in [0.5, 0.6) is 0 Å². The summed E-state index contributed by atoms with van der Waals surface area (Å²) in [5, 5.41) is 0. The summed E-state index contributed by atoms with van der Waals surface area (Å²) >= 11 is 0. The molecule has 2 heteroatoms. The third-order valence-corrected chi connectivity index (χ3v) is 2.24. The van der Waals surface area contributed by atoms with E-state index in [-0.39, 0.29) is 40.1 Å². The number of rotatable bonds is 1.